The number of hydrogen-bond acceptors (Lipinski definition) is 9. The Morgan fingerprint density at radius 1 is 1.37 bits per heavy atom. The van der Waals surface area contributed by atoms with Crippen LogP contribution in [-0.2, 0) is 22.5 Å². The van der Waals surface area contributed by atoms with Gasteiger partial charge in [0, 0.05) is 23.6 Å². The van der Waals surface area contributed by atoms with Gasteiger partial charge in [-0.3, -0.25) is 4.79 Å². The lowest BCUT2D eigenvalue weighted by Crippen LogP contribution is -2.39. The van der Waals surface area contributed by atoms with E-state index in [2.05, 4.69) is 16.7 Å². The van der Waals surface area contributed by atoms with Crippen molar-refractivity contribution >= 4 is 40.1 Å². The first-order chi connectivity index (χ1) is 16.7. The smallest absolute Gasteiger partial charge is 0.410 e. The Kier molecular flexibility index (Phi) is 7.00. The highest BCUT2D eigenvalue weighted by Gasteiger charge is 2.30. The van der Waals surface area contributed by atoms with Crippen molar-refractivity contribution in [3.63, 3.8) is 0 Å². The first-order valence-electron chi connectivity index (χ1n) is 10.8. The molecule has 0 saturated heterocycles. The summed E-state index contributed by atoms with van der Waals surface area (Å²) in [5, 5.41) is 29.0. The minimum absolute atomic E-state index is 0.0826. The van der Waals surface area contributed by atoms with E-state index in [0.717, 1.165) is 22.2 Å². The summed E-state index contributed by atoms with van der Waals surface area (Å²) in [5.74, 6) is -1.10. The number of benzene rings is 1. The van der Waals surface area contributed by atoms with Gasteiger partial charge < -0.3 is 24.6 Å². The Hall–Kier alpha value is -3.56. The van der Waals surface area contributed by atoms with Crippen molar-refractivity contribution < 1.29 is 28.6 Å². The van der Waals surface area contributed by atoms with Crippen molar-refractivity contribution in [1.82, 2.24) is 10.2 Å². The van der Waals surface area contributed by atoms with Crippen LogP contribution in [0.4, 0.5) is 9.80 Å². The van der Waals surface area contributed by atoms with E-state index in [-0.39, 0.29) is 16.7 Å². The number of fused-ring (bicyclic) bond motifs is 1. The average Bonchev–Trinajstić information content (AvgIpc) is 3.35. The molecule has 1 aliphatic heterocycles. The van der Waals surface area contributed by atoms with Crippen molar-refractivity contribution in [2.45, 2.75) is 44.4 Å². The van der Waals surface area contributed by atoms with E-state index in [1.54, 1.807) is 29.2 Å². The predicted molar refractivity (Wildman–Crippen MR) is 126 cm³/mol. The maximum Gasteiger partial charge on any atom is 0.410 e. The van der Waals surface area contributed by atoms with Crippen LogP contribution >= 0.6 is 23.1 Å². The molecule has 0 unspecified atom stereocenters. The molecule has 12 heteroatoms. The Morgan fingerprint density at radius 2 is 2.11 bits per heavy atom. The molecule has 35 heavy (non-hydrogen) atoms. The topological polar surface area (TPSA) is 135 Å². The third-order valence-electron chi connectivity index (χ3n) is 4.99. The number of carbonyl (C=O) groups is 2. The zero-order valence-electron chi connectivity index (χ0n) is 19.4. The molecule has 3 aromatic rings. The third kappa shape index (κ3) is 5.58. The minimum atomic E-state index is -0.641. The number of carbonyl (C=O) groups excluding carboxylic acids is 2. The highest BCUT2D eigenvalue weighted by Crippen LogP contribution is 2.37. The lowest BCUT2D eigenvalue weighted by atomic mass is 10.0. The molecule has 0 bridgehead atoms. The maximum atomic E-state index is 12.7. The van der Waals surface area contributed by atoms with Gasteiger partial charge in [-0.25, -0.2) is 4.79 Å². The van der Waals surface area contributed by atoms with Crippen LogP contribution in [0.1, 0.15) is 36.8 Å². The number of thioether (sulfide) groups is 1. The summed E-state index contributed by atoms with van der Waals surface area (Å²) in [7, 11) is 0. The van der Waals surface area contributed by atoms with Gasteiger partial charge >= 0.3 is 6.09 Å². The van der Waals surface area contributed by atoms with Crippen LogP contribution in [0, 0.1) is 11.3 Å². The highest BCUT2D eigenvalue weighted by atomic mass is 32.2. The standard InChI is InChI=1S/C23H23N5O5S2/c1-23(2,3)32-22(31)27-10-9-15-16(11-24)19(35-17(15)12-27)25-18(29)13-34-20-21(30)33-26-28(20)14-7-5-4-6-8-14/h4-8H,9-10,12-13H2,1-3H3,(H-,25,26,29,30). The van der Waals surface area contributed by atoms with Gasteiger partial charge in [0.05, 0.1) is 23.1 Å². The number of hydrogen-bond donors (Lipinski definition) is 1. The maximum absolute atomic E-state index is 12.7. The van der Waals surface area contributed by atoms with Crippen molar-refractivity contribution in [2.24, 2.45) is 0 Å². The lowest BCUT2D eigenvalue weighted by molar-refractivity contribution is -0.705. The molecule has 182 valence electrons. The summed E-state index contributed by atoms with van der Waals surface area (Å²) < 4.78 is 11.6. The van der Waals surface area contributed by atoms with Crippen LogP contribution in [0.25, 0.3) is 5.69 Å². The van der Waals surface area contributed by atoms with Crippen molar-refractivity contribution in [3.05, 3.63) is 46.3 Å². The van der Waals surface area contributed by atoms with E-state index in [9.17, 15) is 20.0 Å². The highest BCUT2D eigenvalue weighted by molar-refractivity contribution is 7.99. The number of aromatic nitrogens is 2. The number of rotatable bonds is 5. The van der Waals surface area contributed by atoms with E-state index in [1.165, 1.54) is 16.0 Å². The number of anilines is 1. The zero-order valence-corrected chi connectivity index (χ0v) is 21.0. The number of nitriles is 1. The first-order valence-corrected chi connectivity index (χ1v) is 12.6. The number of para-hydroxylation sites is 1. The van der Waals surface area contributed by atoms with Crippen LogP contribution in [0.3, 0.4) is 0 Å². The number of ether oxygens (including phenoxy) is 1. The van der Waals surface area contributed by atoms with Crippen molar-refractivity contribution in [1.29, 1.82) is 5.26 Å². The van der Waals surface area contributed by atoms with Crippen molar-refractivity contribution in [2.75, 3.05) is 17.6 Å². The fourth-order valence-corrected chi connectivity index (χ4v) is 5.47. The van der Waals surface area contributed by atoms with E-state index >= 15 is 0 Å². The van der Waals surface area contributed by atoms with Crippen LogP contribution in [0.15, 0.2) is 39.9 Å². The second-order valence-electron chi connectivity index (χ2n) is 8.72. The molecule has 0 saturated carbocycles. The fraction of sp³-hybridized carbons (Fsp3) is 0.348. The molecular formula is C23H23N5O5S2. The normalized spacial score (nSPS) is 13.1. The molecule has 0 aliphatic carbocycles. The van der Waals surface area contributed by atoms with Gasteiger partial charge in [0.2, 0.25) is 11.6 Å². The van der Waals surface area contributed by atoms with E-state index in [4.69, 9.17) is 9.26 Å². The number of amides is 2. The Labute approximate surface area is 210 Å². The molecule has 0 fully saturated rings. The van der Waals surface area contributed by atoms with E-state index < -0.39 is 17.6 Å². The SMILES string of the molecule is CC(C)(C)OC(=O)N1CCc2c(sc(NC(=O)CSc3c([O-])on[n+]3-c3ccccc3)c2C#N)C1. The molecule has 1 N–H and O–H groups in total. The summed E-state index contributed by atoms with van der Waals surface area (Å²) >= 11 is 2.26. The Balaban J connectivity index is 1.44. The van der Waals surface area contributed by atoms with Crippen molar-refractivity contribution in [3.8, 4) is 17.7 Å². The van der Waals surface area contributed by atoms with Gasteiger partial charge in [0.25, 0.3) is 5.03 Å². The molecule has 2 amide bonds. The van der Waals surface area contributed by atoms with Gasteiger partial charge in [0.1, 0.15) is 16.7 Å². The zero-order chi connectivity index (χ0) is 25.2. The van der Waals surface area contributed by atoms with Crippen LogP contribution in [0.5, 0.6) is 5.95 Å². The monoisotopic (exact) mass is 513 g/mol. The van der Waals surface area contributed by atoms with Gasteiger partial charge in [-0.15, -0.1) is 11.3 Å². The second kappa shape index (κ2) is 9.97. The van der Waals surface area contributed by atoms with Crippen LogP contribution in [0.2, 0.25) is 0 Å². The number of nitrogens with one attached hydrogen (secondary N) is 1. The average molecular weight is 514 g/mol. The van der Waals surface area contributed by atoms with Gasteiger partial charge in [0.15, 0.2) is 5.95 Å². The second-order valence-corrected chi connectivity index (χ2v) is 10.8. The largest absolute Gasteiger partial charge is 0.538 e. The quantitative estimate of drug-likeness (QED) is 0.406. The van der Waals surface area contributed by atoms with Crippen LogP contribution in [-0.4, -0.2) is 40.1 Å². The molecule has 0 radical (unpaired) electrons. The van der Waals surface area contributed by atoms with Gasteiger partial charge in [-0.1, -0.05) is 18.2 Å². The molecule has 0 atom stereocenters. The lowest BCUT2D eigenvalue weighted by Gasteiger charge is -2.29. The summed E-state index contributed by atoms with van der Waals surface area (Å²) in [5.41, 5.74) is 1.27. The molecule has 0 spiro atoms. The third-order valence-corrected chi connectivity index (χ3v) is 7.14. The molecular weight excluding hydrogens is 490 g/mol. The van der Waals surface area contributed by atoms with Crippen LogP contribution < -0.4 is 15.1 Å². The van der Waals surface area contributed by atoms with E-state index in [1.807, 2.05) is 26.8 Å². The summed E-state index contributed by atoms with van der Waals surface area (Å²) in [6.07, 6.45) is 0.0847. The summed E-state index contributed by atoms with van der Waals surface area (Å²) in [6, 6.07) is 11.1. The fourth-order valence-electron chi connectivity index (χ4n) is 3.48. The molecule has 4 rings (SSSR count). The Morgan fingerprint density at radius 3 is 2.80 bits per heavy atom. The number of thiophene rings is 1. The van der Waals surface area contributed by atoms with Gasteiger partial charge in [-0.2, -0.15) is 5.26 Å². The number of nitrogens with zero attached hydrogens (tertiary/aromatic N) is 4. The van der Waals surface area contributed by atoms with Gasteiger partial charge in [-0.05, 0) is 49.2 Å². The molecule has 1 aliphatic rings. The molecule has 3 heterocycles. The first kappa shape index (κ1) is 24.6. The molecule has 1 aromatic carbocycles. The summed E-state index contributed by atoms with van der Waals surface area (Å²) in [4.78, 5) is 27.6. The predicted octanol–water partition coefficient (Wildman–Crippen LogP) is 2.98. The van der Waals surface area contributed by atoms with E-state index in [0.29, 0.717) is 35.8 Å². The Bertz CT molecular complexity index is 1290. The molecule has 10 nitrogen and oxygen atoms in total. The molecule has 2 aromatic heterocycles. The minimum Gasteiger partial charge on any atom is -0.538 e. The summed E-state index contributed by atoms with van der Waals surface area (Å²) in [6.45, 7) is 6.16.